The van der Waals surface area contributed by atoms with Crippen LogP contribution in [0.5, 0.6) is 0 Å². The highest BCUT2D eigenvalue weighted by molar-refractivity contribution is 5.85. The zero-order valence-electron chi connectivity index (χ0n) is 6.82. The normalized spacial score (nSPS) is 23.7. The van der Waals surface area contributed by atoms with Gasteiger partial charge in [-0.15, -0.1) is 0 Å². The molecule has 0 aromatic carbocycles. The fraction of sp³-hybridized carbons (Fsp3) is 0.714. The van der Waals surface area contributed by atoms with E-state index >= 15 is 0 Å². The van der Waals surface area contributed by atoms with Crippen LogP contribution in [0.15, 0.2) is 0 Å². The van der Waals surface area contributed by atoms with Crippen LogP contribution in [0.1, 0.15) is 19.3 Å². The summed E-state index contributed by atoms with van der Waals surface area (Å²) in [6, 6.07) is -1.05. The Morgan fingerprint density at radius 2 is 1.92 bits per heavy atom. The first-order valence-electron chi connectivity index (χ1n) is 3.98. The molecule has 5 nitrogen and oxygen atoms in total. The Morgan fingerprint density at radius 1 is 1.25 bits per heavy atom. The number of urea groups is 1. The molecule has 1 unspecified atom stereocenters. The van der Waals surface area contributed by atoms with Gasteiger partial charge in [-0.3, -0.25) is 4.79 Å². The number of carbonyl (C=O) groups is 2. The number of hydrogen-bond donors (Lipinski definition) is 2. The molecule has 12 heavy (non-hydrogen) atoms. The zero-order valence-corrected chi connectivity index (χ0v) is 6.82. The van der Waals surface area contributed by atoms with Gasteiger partial charge in [-0.05, 0) is 19.3 Å². The SMILES string of the molecule is NC(=O)C1CCCCN1C(N)=O. The van der Waals surface area contributed by atoms with E-state index in [1.165, 1.54) is 4.90 Å². The fourth-order valence-corrected chi connectivity index (χ4v) is 1.49. The molecule has 0 spiro atoms. The van der Waals surface area contributed by atoms with E-state index in [0.29, 0.717) is 13.0 Å². The summed E-state index contributed by atoms with van der Waals surface area (Å²) in [5, 5.41) is 0. The van der Waals surface area contributed by atoms with Crippen LogP contribution in [0.4, 0.5) is 4.79 Å². The molecule has 1 rings (SSSR count). The maximum absolute atomic E-state index is 10.8. The highest BCUT2D eigenvalue weighted by Crippen LogP contribution is 2.15. The molecule has 0 aromatic heterocycles. The van der Waals surface area contributed by atoms with Crippen LogP contribution in [0.25, 0.3) is 0 Å². The van der Waals surface area contributed by atoms with E-state index in [4.69, 9.17) is 11.5 Å². The van der Waals surface area contributed by atoms with Crippen LogP contribution in [0.2, 0.25) is 0 Å². The van der Waals surface area contributed by atoms with Gasteiger partial charge in [0.25, 0.3) is 0 Å². The lowest BCUT2D eigenvalue weighted by Crippen LogP contribution is -2.52. The minimum absolute atomic E-state index is 0.464. The average molecular weight is 171 g/mol. The number of nitrogens with two attached hydrogens (primary N) is 2. The predicted molar refractivity (Wildman–Crippen MR) is 43.1 cm³/mol. The van der Waals surface area contributed by atoms with Gasteiger partial charge in [-0.1, -0.05) is 0 Å². The molecule has 1 aliphatic rings. The molecule has 1 fully saturated rings. The number of carbonyl (C=O) groups excluding carboxylic acids is 2. The quantitative estimate of drug-likeness (QED) is 0.552. The van der Waals surface area contributed by atoms with Gasteiger partial charge in [0.15, 0.2) is 0 Å². The lowest BCUT2D eigenvalue weighted by molar-refractivity contribution is -0.123. The van der Waals surface area contributed by atoms with E-state index in [1.807, 2.05) is 0 Å². The lowest BCUT2D eigenvalue weighted by Gasteiger charge is -2.31. The van der Waals surface area contributed by atoms with Gasteiger partial charge in [0.2, 0.25) is 5.91 Å². The van der Waals surface area contributed by atoms with Crippen LogP contribution in [-0.4, -0.2) is 29.4 Å². The number of nitrogens with zero attached hydrogens (tertiary/aromatic N) is 1. The molecule has 1 saturated heterocycles. The Labute approximate surface area is 70.7 Å². The van der Waals surface area contributed by atoms with E-state index in [2.05, 4.69) is 0 Å². The molecular formula is C7H13N3O2. The Kier molecular flexibility index (Phi) is 2.52. The van der Waals surface area contributed by atoms with Gasteiger partial charge in [0, 0.05) is 6.54 Å². The van der Waals surface area contributed by atoms with Crippen molar-refractivity contribution in [2.75, 3.05) is 6.54 Å². The summed E-state index contributed by atoms with van der Waals surface area (Å²) in [4.78, 5) is 23.0. The van der Waals surface area contributed by atoms with Crippen molar-refractivity contribution in [3.63, 3.8) is 0 Å². The van der Waals surface area contributed by atoms with Crippen molar-refractivity contribution >= 4 is 11.9 Å². The van der Waals surface area contributed by atoms with E-state index in [-0.39, 0.29) is 0 Å². The summed E-state index contributed by atoms with van der Waals surface area (Å²) in [7, 11) is 0. The summed E-state index contributed by atoms with van der Waals surface area (Å²) in [5.74, 6) is -0.464. The third-order valence-corrected chi connectivity index (χ3v) is 2.11. The van der Waals surface area contributed by atoms with Crippen molar-refractivity contribution in [1.29, 1.82) is 0 Å². The number of hydrogen-bond acceptors (Lipinski definition) is 2. The Bertz CT molecular complexity index is 183. The van der Waals surface area contributed by atoms with Crippen molar-refractivity contribution in [3.8, 4) is 0 Å². The Hall–Kier alpha value is -1.26. The third-order valence-electron chi connectivity index (χ3n) is 2.11. The predicted octanol–water partition coefficient (Wildman–Crippen LogP) is -0.595. The highest BCUT2D eigenvalue weighted by atomic mass is 16.2. The molecule has 0 radical (unpaired) electrons. The van der Waals surface area contributed by atoms with Crippen molar-refractivity contribution in [2.24, 2.45) is 11.5 Å². The maximum Gasteiger partial charge on any atom is 0.315 e. The van der Waals surface area contributed by atoms with E-state index in [0.717, 1.165) is 12.8 Å². The van der Waals surface area contributed by atoms with Gasteiger partial charge >= 0.3 is 6.03 Å². The second-order valence-electron chi connectivity index (χ2n) is 2.95. The Morgan fingerprint density at radius 3 is 2.33 bits per heavy atom. The molecule has 0 saturated carbocycles. The molecule has 3 amide bonds. The molecule has 5 heteroatoms. The second-order valence-corrected chi connectivity index (χ2v) is 2.95. The standard InChI is InChI=1S/C7H13N3O2/c8-6(11)5-3-1-2-4-10(5)7(9)12/h5H,1-4H2,(H2,8,11)(H2,9,12). The molecule has 1 atom stereocenters. The van der Waals surface area contributed by atoms with Crippen LogP contribution < -0.4 is 11.5 Å². The fourth-order valence-electron chi connectivity index (χ4n) is 1.49. The van der Waals surface area contributed by atoms with E-state index in [9.17, 15) is 9.59 Å². The monoisotopic (exact) mass is 171 g/mol. The molecule has 0 aromatic rings. The zero-order chi connectivity index (χ0) is 9.14. The number of likely N-dealkylation sites (tertiary alicyclic amines) is 1. The van der Waals surface area contributed by atoms with E-state index < -0.39 is 18.0 Å². The van der Waals surface area contributed by atoms with Gasteiger partial charge in [0.1, 0.15) is 6.04 Å². The maximum atomic E-state index is 10.8. The molecule has 0 aliphatic carbocycles. The topological polar surface area (TPSA) is 89.4 Å². The minimum Gasteiger partial charge on any atom is -0.368 e. The second kappa shape index (κ2) is 3.42. The smallest absolute Gasteiger partial charge is 0.315 e. The van der Waals surface area contributed by atoms with Crippen molar-refractivity contribution in [2.45, 2.75) is 25.3 Å². The lowest BCUT2D eigenvalue weighted by atomic mass is 10.0. The first-order valence-corrected chi connectivity index (χ1v) is 3.98. The third kappa shape index (κ3) is 1.66. The number of piperidine rings is 1. The molecular weight excluding hydrogens is 158 g/mol. The Balaban J connectivity index is 2.67. The molecule has 4 N–H and O–H groups in total. The van der Waals surface area contributed by atoms with Gasteiger partial charge < -0.3 is 16.4 Å². The van der Waals surface area contributed by atoms with Crippen LogP contribution >= 0.6 is 0 Å². The molecule has 68 valence electrons. The summed E-state index contributed by atoms with van der Waals surface area (Å²) in [6.45, 7) is 0.545. The van der Waals surface area contributed by atoms with Crippen LogP contribution in [0, 0.1) is 0 Å². The minimum atomic E-state index is -0.557. The van der Waals surface area contributed by atoms with Crippen molar-refractivity contribution in [3.05, 3.63) is 0 Å². The number of primary amides is 2. The largest absolute Gasteiger partial charge is 0.368 e. The average Bonchev–Trinajstić information content (AvgIpc) is 2.04. The summed E-state index contributed by atoms with van der Waals surface area (Å²) < 4.78 is 0. The molecule has 1 heterocycles. The molecule has 0 bridgehead atoms. The first-order chi connectivity index (χ1) is 5.63. The van der Waals surface area contributed by atoms with Crippen LogP contribution in [0.3, 0.4) is 0 Å². The number of amides is 3. The molecule has 1 aliphatic heterocycles. The van der Waals surface area contributed by atoms with Crippen molar-refractivity contribution in [1.82, 2.24) is 4.90 Å². The van der Waals surface area contributed by atoms with E-state index in [1.54, 1.807) is 0 Å². The summed E-state index contributed by atoms with van der Waals surface area (Å²) >= 11 is 0. The van der Waals surface area contributed by atoms with Gasteiger partial charge in [-0.2, -0.15) is 0 Å². The van der Waals surface area contributed by atoms with Gasteiger partial charge in [-0.25, -0.2) is 4.79 Å². The first kappa shape index (κ1) is 8.83. The summed E-state index contributed by atoms with van der Waals surface area (Å²) in [5.41, 5.74) is 10.2. The van der Waals surface area contributed by atoms with Crippen LogP contribution in [-0.2, 0) is 4.79 Å². The van der Waals surface area contributed by atoms with Gasteiger partial charge in [0.05, 0.1) is 0 Å². The summed E-state index contributed by atoms with van der Waals surface area (Å²) in [6.07, 6.45) is 2.46. The number of rotatable bonds is 1. The van der Waals surface area contributed by atoms with Crippen molar-refractivity contribution < 1.29 is 9.59 Å². The highest BCUT2D eigenvalue weighted by Gasteiger charge is 2.28.